The molecule has 182 valence electrons. The Hall–Kier alpha value is -2.76. The number of halogens is 2. The van der Waals surface area contributed by atoms with Gasteiger partial charge in [0.25, 0.3) is 0 Å². The Bertz CT molecular complexity index is 1220. The van der Waals surface area contributed by atoms with Gasteiger partial charge in [-0.05, 0) is 49.6 Å². The van der Waals surface area contributed by atoms with Crippen LogP contribution in [0.15, 0.2) is 59.1 Å². The molecule has 0 atom stereocenters. The number of hydrogen-bond donors (Lipinski definition) is 0. The van der Waals surface area contributed by atoms with Crippen LogP contribution in [0.2, 0.25) is 10.0 Å². The van der Waals surface area contributed by atoms with E-state index in [1.807, 2.05) is 31.2 Å². The average molecular weight is 513 g/mol. The van der Waals surface area contributed by atoms with E-state index < -0.39 is 5.92 Å². The van der Waals surface area contributed by atoms with Crippen molar-refractivity contribution in [1.29, 1.82) is 0 Å². The largest absolute Gasteiger partial charge is 0.490 e. The lowest BCUT2D eigenvalue weighted by atomic mass is 9.73. The maximum atomic E-state index is 13.0. The molecule has 7 heteroatoms. The first-order chi connectivity index (χ1) is 17.0. The third-order valence-electron chi connectivity index (χ3n) is 6.64. The van der Waals surface area contributed by atoms with E-state index in [4.69, 9.17) is 37.4 Å². The molecule has 2 aromatic rings. The van der Waals surface area contributed by atoms with Crippen molar-refractivity contribution in [3.63, 3.8) is 0 Å². The number of rotatable bonds is 6. The Morgan fingerprint density at radius 1 is 0.857 bits per heavy atom. The van der Waals surface area contributed by atoms with Crippen molar-refractivity contribution in [3.8, 4) is 11.5 Å². The van der Waals surface area contributed by atoms with E-state index >= 15 is 0 Å². The maximum absolute atomic E-state index is 13.0. The molecule has 5 nitrogen and oxygen atoms in total. The van der Waals surface area contributed by atoms with E-state index in [2.05, 4.69) is 0 Å². The number of hydrogen-bond acceptors (Lipinski definition) is 5. The van der Waals surface area contributed by atoms with Crippen LogP contribution in [0.4, 0.5) is 0 Å². The number of benzene rings is 2. The average Bonchev–Trinajstić information content (AvgIpc) is 2.83. The van der Waals surface area contributed by atoms with E-state index in [-0.39, 0.29) is 18.2 Å². The molecule has 35 heavy (non-hydrogen) atoms. The molecule has 1 aliphatic heterocycles. The zero-order chi connectivity index (χ0) is 24.5. The summed E-state index contributed by atoms with van der Waals surface area (Å²) in [5.74, 6) is 2.21. The molecule has 0 spiro atoms. The zero-order valence-electron chi connectivity index (χ0n) is 19.5. The van der Waals surface area contributed by atoms with Crippen LogP contribution in [0.25, 0.3) is 0 Å². The van der Waals surface area contributed by atoms with Gasteiger partial charge >= 0.3 is 0 Å². The van der Waals surface area contributed by atoms with Gasteiger partial charge in [0, 0.05) is 58.4 Å². The lowest BCUT2D eigenvalue weighted by Crippen LogP contribution is -2.30. The lowest BCUT2D eigenvalue weighted by Gasteiger charge is -2.36. The molecule has 0 saturated heterocycles. The van der Waals surface area contributed by atoms with Crippen LogP contribution in [0.1, 0.15) is 62.5 Å². The standard InChI is InChI=1S/C28H26Cl2O5/c1-2-33-25-13-16(10-12-22(25)34-15-17-9-11-18(29)14-19(17)30)26-27-20(31)5-3-7-23(27)35-24-8-4-6-21(32)28(24)26/h9-14,26H,2-8,15H2,1H3. The van der Waals surface area contributed by atoms with Crippen molar-refractivity contribution in [3.05, 3.63) is 80.2 Å². The van der Waals surface area contributed by atoms with Crippen molar-refractivity contribution in [1.82, 2.24) is 0 Å². The molecular formula is C28H26Cl2O5. The highest BCUT2D eigenvalue weighted by atomic mass is 35.5. The van der Waals surface area contributed by atoms with Crippen molar-refractivity contribution < 1.29 is 23.8 Å². The van der Waals surface area contributed by atoms with E-state index in [1.54, 1.807) is 12.1 Å². The summed E-state index contributed by atoms with van der Waals surface area (Å²) in [7, 11) is 0. The summed E-state index contributed by atoms with van der Waals surface area (Å²) in [6, 6.07) is 10.9. The SMILES string of the molecule is CCOc1cc(C2C3=C(CCCC3=O)OC3=C2C(=O)CCC3)ccc1OCc1ccc(Cl)cc1Cl. The molecule has 0 unspecified atom stereocenters. The first-order valence-corrected chi connectivity index (χ1v) is 12.8. The second-order valence-electron chi connectivity index (χ2n) is 8.93. The fraction of sp³-hybridized carbons (Fsp3) is 0.357. The Kier molecular flexibility index (Phi) is 6.90. The van der Waals surface area contributed by atoms with Crippen LogP contribution >= 0.6 is 23.2 Å². The van der Waals surface area contributed by atoms with Gasteiger partial charge < -0.3 is 14.2 Å². The molecule has 0 fully saturated rings. The number of ketones is 2. The minimum absolute atomic E-state index is 0.0526. The molecule has 0 aromatic heterocycles. The highest BCUT2D eigenvalue weighted by Gasteiger charge is 2.42. The minimum Gasteiger partial charge on any atom is -0.490 e. The maximum Gasteiger partial charge on any atom is 0.163 e. The summed E-state index contributed by atoms with van der Waals surface area (Å²) in [4.78, 5) is 26.1. The van der Waals surface area contributed by atoms with E-state index in [0.717, 1.165) is 35.5 Å². The molecule has 5 rings (SSSR count). The van der Waals surface area contributed by atoms with Crippen LogP contribution in [0.5, 0.6) is 11.5 Å². The highest BCUT2D eigenvalue weighted by Crippen LogP contribution is 2.48. The second-order valence-corrected chi connectivity index (χ2v) is 9.77. The quantitative estimate of drug-likeness (QED) is 0.412. The third-order valence-corrected chi connectivity index (χ3v) is 7.23. The van der Waals surface area contributed by atoms with Crippen molar-refractivity contribution >= 4 is 34.8 Å². The van der Waals surface area contributed by atoms with Crippen molar-refractivity contribution in [2.45, 2.75) is 58.0 Å². The Morgan fingerprint density at radius 3 is 2.17 bits per heavy atom. The number of ether oxygens (including phenoxy) is 3. The fourth-order valence-electron chi connectivity index (χ4n) is 5.04. The van der Waals surface area contributed by atoms with Gasteiger partial charge in [-0.2, -0.15) is 0 Å². The number of Topliss-reactive ketones (excluding diaryl/α,β-unsaturated/α-hetero) is 2. The molecule has 1 heterocycles. The first kappa shape index (κ1) is 24.0. The smallest absolute Gasteiger partial charge is 0.163 e. The molecule has 2 aliphatic carbocycles. The van der Waals surface area contributed by atoms with Gasteiger partial charge in [-0.25, -0.2) is 0 Å². The fourth-order valence-corrected chi connectivity index (χ4v) is 5.50. The van der Waals surface area contributed by atoms with Gasteiger partial charge in [-0.15, -0.1) is 0 Å². The number of carbonyl (C=O) groups excluding carboxylic acids is 2. The molecule has 2 aromatic carbocycles. The predicted octanol–water partition coefficient (Wildman–Crippen LogP) is 7.10. The summed E-state index contributed by atoms with van der Waals surface area (Å²) >= 11 is 12.3. The summed E-state index contributed by atoms with van der Waals surface area (Å²) in [5, 5.41) is 1.09. The topological polar surface area (TPSA) is 61.8 Å². The second kappa shape index (κ2) is 10.1. The molecule has 0 radical (unpaired) electrons. The monoisotopic (exact) mass is 512 g/mol. The number of allylic oxidation sites excluding steroid dienone is 4. The van der Waals surface area contributed by atoms with E-state index in [1.165, 1.54) is 0 Å². The van der Waals surface area contributed by atoms with Crippen LogP contribution < -0.4 is 9.47 Å². The summed E-state index contributed by atoms with van der Waals surface area (Å²) in [6.45, 7) is 2.58. The van der Waals surface area contributed by atoms with Gasteiger partial charge in [-0.3, -0.25) is 9.59 Å². The van der Waals surface area contributed by atoms with Gasteiger partial charge in [0.05, 0.1) is 6.61 Å². The summed E-state index contributed by atoms with van der Waals surface area (Å²) in [6.07, 6.45) is 3.90. The third kappa shape index (κ3) is 4.72. The zero-order valence-corrected chi connectivity index (χ0v) is 21.0. The minimum atomic E-state index is -0.437. The van der Waals surface area contributed by atoms with Crippen LogP contribution in [0.3, 0.4) is 0 Å². The molecule has 0 N–H and O–H groups in total. The highest BCUT2D eigenvalue weighted by molar-refractivity contribution is 6.35. The van der Waals surface area contributed by atoms with Gasteiger partial charge in [0.1, 0.15) is 18.1 Å². The van der Waals surface area contributed by atoms with Gasteiger partial charge in [0.15, 0.2) is 23.1 Å². The Morgan fingerprint density at radius 2 is 1.54 bits per heavy atom. The van der Waals surface area contributed by atoms with Gasteiger partial charge in [-0.1, -0.05) is 35.3 Å². The summed E-state index contributed by atoms with van der Waals surface area (Å²) < 4.78 is 18.1. The van der Waals surface area contributed by atoms with E-state index in [9.17, 15) is 9.59 Å². The van der Waals surface area contributed by atoms with Crippen LogP contribution in [-0.2, 0) is 20.9 Å². The van der Waals surface area contributed by atoms with E-state index in [0.29, 0.717) is 65.0 Å². The predicted molar refractivity (Wildman–Crippen MR) is 134 cm³/mol. The van der Waals surface area contributed by atoms with Crippen molar-refractivity contribution in [2.24, 2.45) is 0 Å². The molecule has 3 aliphatic rings. The first-order valence-electron chi connectivity index (χ1n) is 12.0. The van der Waals surface area contributed by atoms with Gasteiger partial charge in [0.2, 0.25) is 0 Å². The van der Waals surface area contributed by atoms with Crippen molar-refractivity contribution in [2.75, 3.05) is 6.61 Å². The lowest BCUT2D eigenvalue weighted by molar-refractivity contribution is -0.117. The van der Waals surface area contributed by atoms with Crippen LogP contribution in [-0.4, -0.2) is 18.2 Å². The number of carbonyl (C=O) groups is 2. The summed E-state index contributed by atoms with van der Waals surface area (Å²) in [5.41, 5.74) is 2.87. The van der Waals surface area contributed by atoms with Crippen LogP contribution in [0, 0.1) is 0 Å². The Labute approximate surface area is 214 Å². The molecule has 0 amide bonds. The Balaban J connectivity index is 1.52. The molecule has 0 saturated carbocycles. The molecular weight excluding hydrogens is 487 g/mol. The normalized spacial score (nSPS) is 18.3. The molecule has 0 bridgehead atoms.